The number of anilines is 1. The third-order valence-electron chi connectivity index (χ3n) is 3.71. The second-order valence-electron chi connectivity index (χ2n) is 6.78. The van der Waals surface area contributed by atoms with E-state index >= 15 is 0 Å². The average Bonchev–Trinajstić information content (AvgIpc) is 2.63. The van der Waals surface area contributed by atoms with Crippen molar-refractivity contribution in [3.05, 3.63) is 41.5 Å². The van der Waals surface area contributed by atoms with Gasteiger partial charge in [-0.15, -0.1) is 0 Å². The first kappa shape index (κ1) is 26.9. The van der Waals surface area contributed by atoms with E-state index in [1.165, 1.54) is 6.07 Å². The van der Waals surface area contributed by atoms with Crippen molar-refractivity contribution in [2.24, 2.45) is 11.7 Å². The summed E-state index contributed by atoms with van der Waals surface area (Å²) in [4.78, 5) is 19.1. The lowest BCUT2D eigenvalue weighted by atomic mass is 9.98. The van der Waals surface area contributed by atoms with Crippen LogP contribution in [-0.2, 0) is 15.8 Å². The highest BCUT2D eigenvalue weighted by Gasteiger charge is 2.31. The first-order chi connectivity index (χ1) is 13.9. The van der Waals surface area contributed by atoms with Gasteiger partial charge in [0, 0.05) is 18.2 Å². The molecule has 0 aliphatic carbocycles. The summed E-state index contributed by atoms with van der Waals surface area (Å²) in [5.41, 5.74) is 5.21. The maximum absolute atomic E-state index is 12.8. The van der Waals surface area contributed by atoms with Gasteiger partial charge in [-0.2, -0.15) is 18.4 Å². The van der Waals surface area contributed by atoms with E-state index < -0.39 is 23.7 Å². The van der Waals surface area contributed by atoms with Crippen molar-refractivity contribution in [3.8, 4) is 6.07 Å². The van der Waals surface area contributed by atoms with Gasteiger partial charge in [-0.3, -0.25) is 0 Å². The van der Waals surface area contributed by atoms with Crippen LogP contribution >= 0.6 is 0 Å². The maximum atomic E-state index is 12.8. The minimum atomic E-state index is -4.42. The number of carboxylic acid groups (broad SMARTS) is 2. The molecule has 1 aromatic carbocycles. The molecule has 0 spiro atoms. The lowest BCUT2D eigenvalue weighted by Crippen LogP contribution is -2.23. The SMILES string of the molecule is CC(C)CC(CCCN)Nc1cc(C(F)(F)F)ccc1C#N.O=C(O)C=CC(=O)O. The molecule has 0 amide bonds. The monoisotopic (exact) mass is 429 g/mol. The van der Waals surface area contributed by atoms with E-state index in [-0.39, 0.29) is 17.3 Å². The van der Waals surface area contributed by atoms with Crippen molar-refractivity contribution >= 4 is 17.6 Å². The number of benzene rings is 1. The van der Waals surface area contributed by atoms with Gasteiger partial charge in [0.2, 0.25) is 0 Å². The van der Waals surface area contributed by atoms with Gasteiger partial charge in [0.15, 0.2) is 0 Å². The van der Waals surface area contributed by atoms with Gasteiger partial charge in [0.1, 0.15) is 6.07 Å². The molecule has 5 N–H and O–H groups in total. The minimum Gasteiger partial charge on any atom is -0.478 e. The first-order valence-corrected chi connectivity index (χ1v) is 9.12. The van der Waals surface area contributed by atoms with E-state index in [1.807, 2.05) is 6.07 Å². The maximum Gasteiger partial charge on any atom is 0.416 e. The number of alkyl halides is 3. The van der Waals surface area contributed by atoms with E-state index in [2.05, 4.69) is 19.2 Å². The fourth-order valence-corrected chi connectivity index (χ4v) is 2.48. The summed E-state index contributed by atoms with van der Waals surface area (Å²) in [5.74, 6) is -2.12. The summed E-state index contributed by atoms with van der Waals surface area (Å²) in [5, 5.41) is 27.8. The quantitative estimate of drug-likeness (QED) is 0.438. The molecule has 0 saturated carbocycles. The molecule has 1 aromatic rings. The molecule has 1 unspecified atom stereocenters. The molecule has 0 fully saturated rings. The van der Waals surface area contributed by atoms with Crippen molar-refractivity contribution in [1.29, 1.82) is 5.26 Å². The predicted octanol–water partition coefficient (Wildman–Crippen LogP) is 3.85. The second kappa shape index (κ2) is 13.2. The number of carbonyl (C=O) groups is 2. The van der Waals surface area contributed by atoms with E-state index in [4.69, 9.17) is 21.2 Å². The molecule has 30 heavy (non-hydrogen) atoms. The first-order valence-electron chi connectivity index (χ1n) is 9.12. The Morgan fingerprint density at radius 2 is 1.80 bits per heavy atom. The van der Waals surface area contributed by atoms with Gasteiger partial charge in [-0.25, -0.2) is 9.59 Å². The minimum absolute atomic E-state index is 0.000802. The summed E-state index contributed by atoms with van der Waals surface area (Å²) >= 11 is 0. The fourth-order valence-electron chi connectivity index (χ4n) is 2.48. The molecular weight excluding hydrogens is 403 g/mol. The number of halogens is 3. The van der Waals surface area contributed by atoms with Crippen molar-refractivity contribution in [2.45, 2.75) is 45.3 Å². The van der Waals surface area contributed by atoms with Crippen molar-refractivity contribution in [2.75, 3.05) is 11.9 Å². The number of nitrogens with two attached hydrogens (primary N) is 1. The number of rotatable bonds is 9. The average molecular weight is 429 g/mol. The number of hydrogen-bond acceptors (Lipinski definition) is 5. The normalized spacial score (nSPS) is 12.1. The van der Waals surface area contributed by atoms with Gasteiger partial charge in [0.25, 0.3) is 0 Å². The number of nitrogens with zero attached hydrogens (tertiary/aromatic N) is 1. The van der Waals surface area contributed by atoms with Crippen molar-refractivity contribution in [3.63, 3.8) is 0 Å². The topological polar surface area (TPSA) is 136 Å². The standard InChI is InChI=1S/C16H22F3N3.C4H4O4/c1-11(2)8-14(4-3-7-20)22-15-9-13(16(17,18)19)6-5-12(15)10-21;5-3(6)1-2-4(7)8/h5-6,9,11,14,22H,3-4,7-8,20H2,1-2H3;1-2H,(H,5,6)(H,7,8). The van der Waals surface area contributed by atoms with Crippen molar-refractivity contribution in [1.82, 2.24) is 0 Å². The van der Waals surface area contributed by atoms with Crippen LogP contribution in [-0.4, -0.2) is 34.7 Å². The van der Waals surface area contributed by atoms with Crippen LogP contribution in [0.1, 0.15) is 44.2 Å². The van der Waals surface area contributed by atoms with Crippen LogP contribution < -0.4 is 11.1 Å². The summed E-state index contributed by atoms with van der Waals surface area (Å²) in [6.07, 6.45) is -0.956. The summed E-state index contributed by atoms with van der Waals surface area (Å²) < 4.78 is 38.5. The second-order valence-corrected chi connectivity index (χ2v) is 6.78. The zero-order chi connectivity index (χ0) is 23.3. The van der Waals surface area contributed by atoms with Crippen LogP contribution in [0.2, 0.25) is 0 Å². The van der Waals surface area contributed by atoms with Crippen LogP contribution in [0.4, 0.5) is 18.9 Å². The van der Waals surface area contributed by atoms with Gasteiger partial charge < -0.3 is 21.3 Å². The third-order valence-corrected chi connectivity index (χ3v) is 3.71. The number of carboxylic acids is 2. The van der Waals surface area contributed by atoms with E-state index in [9.17, 15) is 22.8 Å². The van der Waals surface area contributed by atoms with Crippen LogP contribution in [0.15, 0.2) is 30.4 Å². The van der Waals surface area contributed by atoms with Gasteiger partial charge in [-0.05, 0) is 49.9 Å². The number of aliphatic carboxylic acids is 2. The number of nitriles is 1. The molecule has 7 nitrogen and oxygen atoms in total. The molecule has 1 rings (SSSR count). The Morgan fingerprint density at radius 1 is 1.23 bits per heavy atom. The highest BCUT2D eigenvalue weighted by atomic mass is 19.4. The predicted molar refractivity (Wildman–Crippen MR) is 106 cm³/mol. The van der Waals surface area contributed by atoms with Crippen LogP contribution in [0.25, 0.3) is 0 Å². The zero-order valence-corrected chi connectivity index (χ0v) is 16.7. The molecule has 0 aromatic heterocycles. The molecule has 0 bridgehead atoms. The Labute approximate surface area is 173 Å². The summed E-state index contributed by atoms with van der Waals surface area (Å²) in [7, 11) is 0. The number of hydrogen-bond donors (Lipinski definition) is 4. The molecule has 0 aliphatic heterocycles. The van der Waals surface area contributed by atoms with Gasteiger partial charge in [0.05, 0.1) is 16.8 Å². The van der Waals surface area contributed by atoms with Gasteiger partial charge in [-0.1, -0.05) is 13.8 Å². The summed E-state index contributed by atoms with van der Waals surface area (Å²) in [6.45, 7) is 4.63. The molecular formula is C20H26F3N3O4. The molecule has 0 saturated heterocycles. The molecule has 0 radical (unpaired) electrons. The van der Waals surface area contributed by atoms with E-state index in [0.717, 1.165) is 31.4 Å². The highest BCUT2D eigenvalue weighted by Crippen LogP contribution is 2.32. The van der Waals surface area contributed by atoms with Crippen molar-refractivity contribution < 1.29 is 33.0 Å². The lowest BCUT2D eigenvalue weighted by molar-refractivity contribution is -0.137. The summed E-state index contributed by atoms with van der Waals surface area (Å²) in [6, 6.07) is 5.08. The molecule has 0 heterocycles. The third kappa shape index (κ3) is 11.7. The number of nitrogens with one attached hydrogen (secondary N) is 1. The molecule has 166 valence electrons. The Hall–Kier alpha value is -3.06. The lowest BCUT2D eigenvalue weighted by Gasteiger charge is -2.23. The molecule has 1 atom stereocenters. The van der Waals surface area contributed by atoms with Crippen LogP contribution in [0, 0.1) is 17.2 Å². The Bertz CT molecular complexity index is 756. The van der Waals surface area contributed by atoms with Gasteiger partial charge >= 0.3 is 18.1 Å². The van der Waals surface area contributed by atoms with E-state index in [0.29, 0.717) is 24.6 Å². The Morgan fingerprint density at radius 3 is 2.20 bits per heavy atom. The van der Waals surface area contributed by atoms with Crippen LogP contribution in [0.3, 0.4) is 0 Å². The fraction of sp³-hybridized carbons (Fsp3) is 0.450. The largest absolute Gasteiger partial charge is 0.478 e. The Kier molecular flexibility index (Phi) is 11.9. The zero-order valence-electron chi connectivity index (χ0n) is 16.7. The highest BCUT2D eigenvalue weighted by molar-refractivity contribution is 5.89. The van der Waals surface area contributed by atoms with Crippen LogP contribution in [0.5, 0.6) is 0 Å². The smallest absolute Gasteiger partial charge is 0.416 e. The molecule has 10 heteroatoms. The Balaban J connectivity index is 0.000000890. The molecule has 0 aliphatic rings. The van der Waals surface area contributed by atoms with E-state index in [1.54, 1.807) is 0 Å².